The highest BCUT2D eigenvalue weighted by Crippen LogP contribution is 2.30. The molecule has 0 unspecified atom stereocenters. The lowest BCUT2D eigenvalue weighted by atomic mass is 10.1. The summed E-state index contributed by atoms with van der Waals surface area (Å²) in [6, 6.07) is 9.16. The minimum atomic E-state index is -1.34. The van der Waals surface area contributed by atoms with Gasteiger partial charge in [-0.25, -0.2) is 4.79 Å². The molecule has 1 aromatic carbocycles. The van der Waals surface area contributed by atoms with Gasteiger partial charge >= 0.3 is 5.69 Å². The molecule has 8 nitrogen and oxygen atoms in total. The molecule has 1 fully saturated rings. The highest BCUT2D eigenvalue weighted by molar-refractivity contribution is 5.13. The first-order chi connectivity index (χ1) is 12.0. The number of rotatable bonds is 5. The molecule has 1 aliphatic rings. The minimum absolute atomic E-state index is 0.157. The Morgan fingerprint density at radius 3 is 2.68 bits per heavy atom. The Bertz CT molecular complexity index is 837. The third kappa shape index (κ3) is 3.54. The maximum absolute atomic E-state index is 13.5. The van der Waals surface area contributed by atoms with Crippen molar-refractivity contribution in [3.63, 3.8) is 0 Å². The molecule has 0 amide bonds. The fourth-order valence-corrected chi connectivity index (χ4v) is 2.72. The largest absolute Gasteiger partial charge is 0.394 e. The van der Waals surface area contributed by atoms with E-state index in [0.29, 0.717) is 6.20 Å². The lowest BCUT2D eigenvalue weighted by molar-refractivity contribution is -0.0662. The number of aliphatic hydroxyl groups excluding tert-OH is 2. The summed E-state index contributed by atoms with van der Waals surface area (Å²) in [6.45, 7) is -0.308. The molecular formula is C16H17FN2O6. The van der Waals surface area contributed by atoms with Crippen LogP contribution >= 0.6 is 0 Å². The molecule has 25 heavy (non-hydrogen) atoms. The predicted octanol–water partition coefficient (Wildman–Crippen LogP) is -0.488. The maximum Gasteiger partial charge on any atom is 0.330 e. The average Bonchev–Trinajstić information content (AvgIpc) is 2.93. The molecule has 0 spiro atoms. The SMILES string of the molecule is O=c1[nH]c(=O)n([C@@H]2O[C@H](CO)[C@@H](OCc3ccccc3)[C@H]2O)cc1F. The number of hydrogen-bond donors (Lipinski definition) is 3. The highest BCUT2D eigenvalue weighted by Gasteiger charge is 2.45. The Labute approximate surface area is 141 Å². The number of aromatic amines is 1. The summed E-state index contributed by atoms with van der Waals surface area (Å²) >= 11 is 0. The van der Waals surface area contributed by atoms with Crippen LogP contribution in [0.1, 0.15) is 11.8 Å². The minimum Gasteiger partial charge on any atom is -0.394 e. The molecule has 3 N–H and O–H groups in total. The molecule has 9 heteroatoms. The van der Waals surface area contributed by atoms with E-state index in [0.717, 1.165) is 10.1 Å². The van der Waals surface area contributed by atoms with Crippen LogP contribution in [0.2, 0.25) is 0 Å². The van der Waals surface area contributed by atoms with Crippen molar-refractivity contribution < 1.29 is 24.1 Å². The van der Waals surface area contributed by atoms with Crippen LogP contribution < -0.4 is 11.2 Å². The molecule has 2 aromatic rings. The number of aromatic nitrogens is 2. The van der Waals surface area contributed by atoms with Gasteiger partial charge < -0.3 is 19.7 Å². The van der Waals surface area contributed by atoms with Crippen LogP contribution in [0.4, 0.5) is 4.39 Å². The van der Waals surface area contributed by atoms with Crippen molar-refractivity contribution in [2.75, 3.05) is 6.61 Å². The number of nitrogens with one attached hydrogen (secondary N) is 1. The second-order valence-electron chi connectivity index (χ2n) is 5.64. The van der Waals surface area contributed by atoms with E-state index in [1.807, 2.05) is 30.3 Å². The second kappa shape index (κ2) is 7.28. The van der Waals surface area contributed by atoms with Crippen LogP contribution in [0.5, 0.6) is 0 Å². The van der Waals surface area contributed by atoms with Gasteiger partial charge in [0.25, 0.3) is 5.56 Å². The van der Waals surface area contributed by atoms with E-state index in [-0.39, 0.29) is 6.61 Å². The molecule has 0 radical (unpaired) electrons. The monoisotopic (exact) mass is 352 g/mol. The zero-order chi connectivity index (χ0) is 18.0. The molecule has 134 valence electrons. The maximum atomic E-state index is 13.5. The summed E-state index contributed by atoms with van der Waals surface area (Å²) in [6.07, 6.45) is -3.83. The van der Waals surface area contributed by atoms with Crippen LogP contribution in [0, 0.1) is 5.82 Å². The summed E-state index contributed by atoms with van der Waals surface area (Å²) in [7, 11) is 0. The number of aliphatic hydroxyl groups is 2. The molecular weight excluding hydrogens is 335 g/mol. The van der Waals surface area contributed by atoms with Crippen molar-refractivity contribution >= 4 is 0 Å². The molecule has 0 saturated carbocycles. The summed E-state index contributed by atoms with van der Waals surface area (Å²) in [5, 5.41) is 19.9. The lowest BCUT2D eigenvalue weighted by Gasteiger charge is -2.20. The van der Waals surface area contributed by atoms with E-state index in [9.17, 15) is 24.2 Å². The number of ether oxygens (including phenoxy) is 2. The molecule has 1 aromatic heterocycles. The van der Waals surface area contributed by atoms with Crippen LogP contribution in [0.25, 0.3) is 0 Å². The fourth-order valence-electron chi connectivity index (χ4n) is 2.72. The normalized spacial score (nSPS) is 26.0. The van der Waals surface area contributed by atoms with Gasteiger partial charge in [-0.05, 0) is 5.56 Å². The predicted molar refractivity (Wildman–Crippen MR) is 83.3 cm³/mol. The Hall–Kier alpha value is -2.33. The Kier molecular flexibility index (Phi) is 5.09. The van der Waals surface area contributed by atoms with Gasteiger partial charge in [-0.15, -0.1) is 0 Å². The smallest absolute Gasteiger partial charge is 0.330 e. The van der Waals surface area contributed by atoms with Crippen molar-refractivity contribution in [2.45, 2.75) is 31.1 Å². The van der Waals surface area contributed by atoms with Crippen molar-refractivity contribution in [2.24, 2.45) is 0 Å². The molecule has 1 aliphatic heterocycles. The molecule has 2 heterocycles. The van der Waals surface area contributed by atoms with Gasteiger partial charge in [-0.1, -0.05) is 30.3 Å². The Morgan fingerprint density at radius 2 is 2.00 bits per heavy atom. The third-order valence-electron chi connectivity index (χ3n) is 3.97. The summed E-state index contributed by atoms with van der Waals surface area (Å²) in [4.78, 5) is 24.8. The molecule has 4 atom stereocenters. The van der Waals surface area contributed by atoms with E-state index in [2.05, 4.69) is 0 Å². The van der Waals surface area contributed by atoms with Gasteiger partial charge in [-0.3, -0.25) is 14.3 Å². The van der Waals surface area contributed by atoms with E-state index < -0.39 is 48.2 Å². The van der Waals surface area contributed by atoms with Gasteiger partial charge in [-0.2, -0.15) is 4.39 Å². The number of halogens is 1. The summed E-state index contributed by atoms with van der Waals surface area (Å²) < 4.78 is 25.3. The van der Waals surface area contributed by atoms with Crippen LogP contribution in [0.15, 0.2) is 46.1 Å². The van der Waals surface area contributed by atoms with Gasteiger partial charge in [0.15, 0.2) is 6.23 Å². The number of nitrogens with zero attached hydrogens (tertiary/aromatic N) is 1. The molecule has 3 rings (SSSR count). The first kappa shape index (κ1) is 17.5. The molecule has 0 bridgehead atoms. The molecule has 0 aliphatic carbocycles. The third-order valence-corrected chi connectivity index (χ3v) is 3.97. The number of hydrogen-bond acceptors (Lipinski definition) is 6. The first-order valence-electron chi connectivity index (χ1n) is 7.62. The van der Waals surface area contributed by atoms with Crippen molar-refractivity contribution in [1.82, 2.24) is 9.55 Å². The van der Waals surface area contributed by atoms with Crippen LogP contribution in [-0.4, -0.2) is 44.7 Å². The first-order valence-corrected chi connectivity index (χ1v) is 7.62. The van der Waals surface area contributed by atoms with Gasteiger partial charge in [0.05, 0.1) is 19.4 Å². The van der Waals surface area contributed by atoms with Gasteiger partial charge in [0, 0.05) is 0 Å². The highest BCUT2D eigenvalue weighted by atomic mass is 19.1. The molecule has 1 saturated heterocycles. The second-order valence-corrected chi connectivity index (χ2v) is 5.64. The van der Waals surface area contributed by atoms with Crippen LogP contribution in [0.3, 0.4) is 0 Å². The van der Waals surface area contributed by atoms with Gasteiger partial charge in [0.2, 0.25) is 5.82 Å². The zero-order valence-electron chi connectivity index (χ0n) is 13.0. The fraction of sp³-hybridized carbons (Fsp3) is 0.375. The van der Waals surface area contributed by atoms with E-state index in [4.69, 9.17) is 9.47 Å². The zero-order valence-corrected chi connectivity index (χ0v) is 13.0. The summed E-state index contributed by atoms with van der Waals surface area (Å²) in [5.74, 6) is -1.19. The lowest BCUT2D eigenvalue weighted by Crippen LogP contribution is -2.39. The van der Waals surface area contributed by atoms with Gasteiger partial charge in [0.1, 0.15) is 18.3 Å². The topological polar surface area (TPSA) is 114 Å². The van der Waals surface area contributed by atoms with E-state index >= 15 is 0 Å². The quantitative estimate of drug-likeness (QED) is 0.669. The van der Waals surface area contributed by atoms with Crippen molar-refractivity contribution in [3.8, 4) is 0 Å². The standard InChI is InChI=1S/C16H17FN2O6/c17-10-6-19(16(23)18-14(10)22)15-12(21)13(11(7-20)25-15)24-8-9-4-2-1-3-5-9/h1-6,11-13,15,20-21H,7-8H2,(H,18,22,23)/t11-,12-,13-,15-/m1/s1. The van der Waals surface area contributed by atoms with Crippen molar-refractivity contribution in [1.29, 1.82) is 0 Å². The average molecular weight is 352 g/mol. The number of H-pyrrole nitrogens is 1. The Balaban J connectivity index is 1.81. The summed E-state index contributed by atoms with van der Waals surface area (Å²) in [5.41, 5.74) is -1.25. The van der Waals surface area contributed by atoms with Crippen molar-refractivity contribution in [3.05, 3.63) is 68.7 Å². The van der Waals surface area contributed by atoms with E-state index in [1.54, 1.807) is 4.98 Å². The Morgan fingerprint density at radius 1 is 1.28 bits per heavy atom. The van der Waals surface area contributed by atoms with Crippen LogP contribution in [-0.2, 0) is 16.1 Å². The number of benzene rings is 1. The van der Waals surface area contributed by atoms with E-state index in [1.165, 1.54) is 0 Å².